The molecule has 4 rings (SSSR count). The topological polar surface area (TPSA) is 51.4 Å². The molecule has 0 spiro atoms. The molecule has 2 heterocycles. The Kier molecular flexibility index (Phi) is 6.14. The fourth-order valence-corrected chi connectivity index (χ4v) is 3.97. The zero-order valence-corrected chi connectivity index (χ0v) is 16.3. The van der Waals surface area contributed by atoms with Gasteiger partial charge in [-0.25, -0.2) is 0 Å². The average Bonchev–Trinajstić information content (AvgIpc) is 3.19. The fourth-order valence-electron chi connectivity index (χ4n) is 3.97. The van der Waals surface area contributed by atoms with Crippen LogP contribution >= 0.6 is 0 Å². The van der Waals surface area contributed by atoms with Gasteiger partial charge in [-0.05, 0) is 43.0 Å². The Morgan fingerprint density at radius 2 is 1.61 bits per heavy atom. The molecule has 0 radical (unpaired) electrons. The van der Waals surface area contributed by atoms with Crippen molar-refractivity contribution in [3.63, 3.8) is 0 Å². The van der Waals surface area contributed by atoms with Gasteiger partial charge in [0.05, 0.1) is 12.5 Å². The zero-order valence-electron chi connectivity index (χ0n) is 16.3. The number of nitrogens with zero attached hydrogens (tertiary/aromatic N) is 3. The van der Waals surface area contributed by atoms with Gasteiger partial charge in [0.2, 0.25) is 5.89 Å². The summed E-state index contributed by atoms with van der Waals surface area (Å²) in [6.45, 7) is 3.66. The van der Waals surface area contributed by atoms with Crippen LogP contribution in [0.25, 0.3) is 0 Å². The Morgan fingerprint density at radius 1 is 1.00 bits per heavy atom. The predicted octanol–water partition coefficient (Wildman–Crippen LogP) is 4.11. The Bertz CT molecular complexity index is 803. The molecule has 5 heteroatoms. The number of hydrogen-bond donors (Lipinski definition) is 0. The lowest BCUT2D eigenvalue weighted by atomic mass is 9.91. The summed E-state index contributed by atoms with van der Waals surface area (Å²) < 4.78 is 10.9. The van der Waals surface area contributed by atoms with Crippen LogP contribution in [0.5, 0.6) is 0 Å². The lowest BCUT2D eigenvalue weighted by Gasteiger charge is -2.30. The predicted molar refractivity (Wildman–Crippen MR) is 108 cm³/mol. The molecule has 0 bridgehead atoms. The van der Waals surface area contributed by atoms with E-state index < -0.39 is 0 Å². The van der Waals surface area contributed by atoms with Crippen LogP contribution in [-0.2, 0) is 11.3 Å². The molecular formula is C23H27N3O2. The SMILES string of the molecule is COCC1CCN(Cc2nc(C(c3ccccc3)c3ccccc3)no2)CC1. The van der Waals surface area contributed by atoms with Crippen molar-refractivity contribution in [3.05, 3.63) is 83.5 Å². The van der Waals surface area contributed by atoms with Crippen LogP contribution in [0.4, 0.5) is 0 Å². The highest BCUT2D eigenvalue weighted by atomic mass is 16.5. The molecule has 0 aliphatic carbocycles. The first-order chi connectivity index (χ1) is 13.8. The van der Waals surface area contributed by atoms with E-state index in [1.807, 2.05) is 12.1 Å². The van der Waals surface area contributed by atoms with Crippen molar-refractivity contribution in [2.75, 3.05) is 26.8 Å². The Hall–Kier alpha value is -2.50. The first-order valence-corrected chi connectivity index (χ1v) is 9.97. The van der Waals surface area contributed by atoms with Crippen molar-refractivity contribution in [1.82, 2.24) is 15.0 Å². The average molecular weight is 377 g/mol. The zero-order chi connectivity index (χ0) is 19.2. The second-order valence-corrected chi connectivity index (χ2v) is 7.48. The third kappa shape index (κ3) is 4.49. The van der Waals surface area contributed by atoms with E-state index >= 15 is 0 Å². The summed E-state index contributed by atoms with van der Waals surface area (Å²) in [6.07, 6.45) is 2.32. The van der Waals surface area contributed by atoms with Crippen LogP contribution in [-0.4, -0.2) is 41.8 Å². The summed E-state index contributed by atoms with van der Waals surface area (Å²) in [5.74, 6) is 2.06. The maximum atomic E-state index is 5.64. The number of benzene rings is 2. The monoisotopic (exact) mass is 377 g/mol. The largest absolute Gasteiger partial charge is 0.384 e. The molecule has 1 aliphatic rings. The van der Waals surface area contributed by atoms with Gasteiger partial charge < -0.3 is 9.26 Å². The molecule has 0 N–H and O–H groups in total. The van der Waals surface area contributed by atoms with E-state index in [4.69, 9.17) is 14.2 Å². The summed E-state index contributed by atoms with van der Waals surface area (Å²) >= 11 is 0. The van der Waals surface area contributed by atoms with Gasteiger partial charge in [-0.15, -0.1) is 0 Å². The molecule has 28 heavy (non-hydrogen) atoms. The molecule has 1 aliphatic heterocycles. The van der Waals surface area contributed by atoms with Crippen LogP contribution in [0.15, 0.2) is 65.2 Å². The third-order valence-corrected chi connectivity index (χ3v) is 5.48. The molecule has 3 aromatic rings. The summed E-state index contributed by atoms with van der Waals surface area (Å²) in [7, 11) is 1.78. The molecule has 2 aromatic carbocycles. The number of hydrogen-bond acceptors (Lipinski definition) is 5. The molecule has 0 atom stereocenters. The lowest BCUT2D eigenvalue weighted by molar-refractivity contribution is 0.0920. The number of piperidine rings is 1. The number of methoxy groups -OCH3 is 1. The highest BCUT2D eigenvalue weighted by Crippen LogP contribution is 2.30. The summed E-state index contributed by atoms with van der Waals surface area (Å²) in [6, 6.07) is 20.7. The smallest absolute Gasteiger partial charge is 0.240 e. The minimum atomic E-state index is -0.0210. The van der Waals surface area contributed by atoms with Crippen molar-refractivity contribution in [3.8, 4) is 0 Å². The highest BCUT2D eigenvalue weighted by Gasteiger charge is 2.24. The first-order valence-electron chi connectivity index (χ1n) is 9.97. The van der Waals surface area contributed by atoms with Crippen LogP contribution in [0.3, 0.4) is 0 Å². The Balaban J connectivity index is 1.50. The van der Waals surface area contributed by atoms with Crippen molar-refractivity contribution < 1.29 is 9.26 Å². The van der Waals surface area contributed by atoms with E-state index in [0.717, 1.165) is 38.4 Å². The second-order valence-electron chi connectivity index (χ2n) is 7.48. The summed E-state index contributed by atoms with van der Waals surface area (Å²) in [5, 5.41) is 4.35. The van der Waals surface area contributed by atoms with Gasteiger partial charge in [-0.1, -0.05) is 65.8 Å². The fraction of sp³-hybridized carbons (Fsp3) is 0.391. The van der Waals surface area contributed by atoms with Crippen LogP contribution < -0.4 is 0 Å². The van der Waals surface area contributed by atoms with E-state index in [-0.39, 0.29) is 5.92 Å². The maximum absolute atomic E-state index is 5.64. The Morgan fingerprint density at radius 3 is 2.18 bits per heavy atom. The highest BCUT2D eigenvalue weighted by molar-refractivity contribution is 5.37. The van der Waals surface area contributed by atoms with Crippen molar-refractivity contribution in [1.29, 1.82) is 0 Å². The van der Waals surface area contributed by atoms with Crippen LogP contribution in [0.1, 0.15) is 41.6 Å². The molecule has 1 saturated heterocycles. The molecule has 0 saturated carbocycles. The summed E-state index contributed by atoms with van der Waals surface area (Å²) in [5.41, 5.74) is 2.34. The van der Waals surface area contributed by atoms with E-state index in [0.29, 0.717) is 18.4 Å². The molecule has 0 amide bonds. The van der Waals surface area contributed by atoms with E-state index in [1.54, 1.807) is 7.11 Å². The van der Waals surface area contributed by atoms with Crippen LogP contribution in [0.2, 0.25) is 0 Å². The number of rotatable bonds is 7. The molecular weight excluding hydrogens is 350 g/mol. The molecule has 5 nitrogen and oxygen atoms in total. The Labute approximate surface area is 166 Å². The van der Waals surface area contributed by atoms with Crippen molar-refractivity contribution >= 4 is 0 Å². The number of ether oxygens (including phenoxy) is 1. The minimum absolute atomic E-state index is 0.0210. The van der Waals surface area contributed by atoms with Gasteiger partial charge in [0.15, 0.2) is 5.82 Å². The second kappa shape index (κ2) is 9.13. The molecule has 0 unspecified atom stereocenters. The molecule has 1 fully saturated rings. The first kappa shape index (κ1) is 18.8. The number of aromatic nitrogens is 2. The third-order valence-electron chi connectivity index (χ3n) is 5.48. The minimum Gasteiger partial charge on any atom is -0.384 e. The van der Waals surface area contributed by atoms with E-state index in [2.05, 4.69) is 58.6 Å². The molecule has 146 valence electrons. The normalized spacial score (nSPS) is 15.9. The van der Waals surface area contributed by atoms with Gasteiger partial charge in [0.25, 0.3) is 0 Å². The lowest BCUT2D eigenvalue weighted by Crippen LogP contribution is -2.34. The van der Waals surface area contributed by atoms with Crippen molar-refractivity contribution in [2.24, 2.45) is 5.92 Å². The number of likely N-dealkylation sites (tertiary alicyclic amines) is 1. The van der Waals surface area contributed by atoms with Gasteiger partial charge in [0, 0.05) is 13.7 Å². The van der Waals surface area contributed by atoms with E-state index in [1.165, 1.54) is 11.1 Å². The molecule has 1 aromatic heterocycles. The van der Waals surface area contributed by atoms with Crippen molar-refractivity contribution in [2.45, 2.75) is 25.3 Å². The van der Waals surface area contributed by atoms with Gasteiger partial charge in [-0.3, -0.25) is 4.90 Å². The van der Waals surface area contributed by atoms with Gasteiger partial charge in [0.1, 0.15) is 0 Å². The van der Waals surface area contributed by atoms with E-state index in [9.17, 15) is 0 Å². The quantitative estimate of drug-likeness (QED) is 0.620. The standard InChI is InChI=1S/C23H27N3O2/c1-27-17-18-12-14-26(15-13-18)16-21-24-23(25-28-21)22(19-8-4-2-5-9-19)20-10-6-3-7-11-20/h2-11,18,22H,12-17H2,1H3. The van der Waals surface area contributed by atoms with Crippen LogP contribution in [0, 0.1) is 5.92 Å². The van der Waals surface area contributed by atoms with Gasteiger partial charge in [-0.2, -0.15) is 4.98 Å². The maximum Gasteiger partial charge on any atom is 0.240 e. The summed E-state index contributed by atoms with van der Waals surface area (Å²) in [4.78, 5) is 7.16. The van der Waals surface area contributed by atoms with Gasteiger partial charge >= 0.3 is 0 Å².